The first-order valence-electron chi connectivity index (χ1n) is 4.21. The van der Waals surface area contributed by atoms with Gasteiger partial charge < -0.3 is 4.52 Å². The largest absolute Gasteiger partial charge is 0.335 e. The summed E-state index contributed by atoms with van der Waals surface area (Å²) < 4.78 is 22.2. The molecule has 1 aliphatic rings. The average molecular weight is 211 g/mol. The topological polar surface area (TPSA) is 51.8 Å². The molecule has 1 fully saturated rings. The molecule has 3 rings (SSSR count). The van der Waals surface area contributed by atoms with Crippen LogP contribution in [0.5, 0.6) is 0 Å². The van der Waals surface area contributed by atoms with Crippen molar-refractivity contribution in [3.63, 3.8) is 0 Å². The third-order valence-electron chi connectivity index (χ3n) is 2.19. The number of halogens is 1. The molecule has 0 radical (unpaired) electrons. The maximum absolute atomic E-state index is 13.5. The van der Waals surface area contributed by atoms with Gasteiger partial charge in [-0.1, -0.05) is 5.16 Å². The average Bonchev–Trinajstić information content (AvgIpc) is 2.73. The number of hydrogen-bond acceptors (Lipinski definition) is 5. The summed E-state index contributed by atoms with van der Waals surface area (Å²) >= 11 is 1.30. The highest BCUT2D eigenvalue weighted by Gasteiger charge is 2.50. The Labute approximate surface area is 82.9 Å². The molecule has 2 aromatic heterocycles. The van der Waals surface area contributed by atoms with Crippen LogP contribution in [0.4, 0.5) is 4.39 Å². The van der Waals surface area contributed by atoms with E-state index in [9.17, 15) is 4.39 Å². The molecule has 72 valence electrons. The van der Waals surface area contributed by atoms with Gasteiger partial charge in [0.15, 0.2) is 5.67 Å². The van der Waals surface area contributed by atoms with Crippen molar-refractivity contribution in [2.75, 3.05) is 0 Å². The van der Waals surface area contributed by atoms with Crippen LogP contribution < -0.4 is 0 Å². The zero-order valence-corrected chi connectivity index (χ0v) is 7.92. The maximum atomic E-state index is 13.5. The molecule has 6 heteroatoms. The van der Waals surface area contributed by atoms with Crippen molar-refractivity contribution in [1.29, 1.82) is 0 Å². The smallest absolute Gasteiger partial charge is 0.264 e. The third kappa shape index (κ3) is 1.14. The van der Waals surface area contributed by atoms with E-state index >= 15 is 0 Å². The monoisotopic (exact) mass is 211 g/mol. The van der Waals surface area contributed by atoms with Gasteiger partial charge in [-0.25, -0.2) is 8.76 Å². The van der Waals surface area contributed by atoms with E-state index in [2.05, 4.69) is 14.5 Å². The predicted molar refractivity (Wildman–Crippen MR) is 47.4 cm³/mol. The minimum absolute atomic E-state index is 0.0960. The summed E-state index contributed by atoms with van der Waals surface area (Å²) in [5, 5.41) is 5.50. The first-order valence-corrected chi connectivity index (χ1v) is 5.04. The van der Waals surface area contributed by atoms with Gasteiger partial charge in [0.1, 0.15) is 0 Å². The van der Waals surface area contributed by atoms with Crippen molar-refractivity contribution in [2.24, 2.45) is 0 Å². The Morgan fingerprint density at radius 1 is 1.50 bits per heavy atom. The molecular weight excluding hydrogens is 205 g/mol. The van der Waals surface area contributed by atoms with E-state index < -0.39 is 5.67 Å². The van der Waals surface area contributed by atoms with Gasteiger partial charge in [-0.05, 0) is 24.4 Å². The van der Waals surface area contributed by atoms with E-state index in [1.54, 1.807) is 11.6 Å². The van der Waals surface area contributed by atoms with Crippen LogP contribution in [0.2, 0.25) is 0 Å². The summed E-state index contributed by atoms with van der Waals surface area (Å²) in [7, 11) is 0. The van der Waals surface area contributed by atoms with Crippen LogP contribution in [0.15, 0.2) is 16.1 Å². The molecule has 1 aliphatic carbocycles. The molecule has 4 nitrogen and oxygen atoms in total. The fraction of sp³-hybridized carbons (Fsp3) is 0.375. The Kier molecular flexibility index (Phi) is 1.49. The number of nitrogens with zero attached hydrogens (tertiary/aromatic N) is 3. The minimum Gasteiger partial charge on any atom is -0.335 e. The standard InChI is InChI=1S/C8H6FN3OS/c9-8(1-2-8)7-11-6(12-13-7)5-3-10-14-4-5/h3-4H,1-2H2. The van der Waals surface area contributed by atoms with Crippen molar-refractivity contribution < 1.29 is 8.91 Å². The normalized spacial score (nSPS) is 18.4. The molecule has 2 aromatic rings. The van der Waals surface area contributed by atoms with Crippen LogP contribution >= 0.6 is 11.5 Å². The Morgan fingerprint density at radius 3 is 3.00 bits per heavy atom. The fourth-order valence-electron chi connectivity index (χ4n) is 1.16. The maximum Gasteiger partial charge on any atom is 0.264 e. The second-order valence-electron chi connectivity index (χ2n) is 3.30. The molecule has 0 atom stereocenters. The number of rotatable bonds is 2. The van der Waals surface area contributed by atoms with Gasteiger partial charge in [0, 0.05) is 5.38 Å². The summed E-state index contributed by atoms with van der Waals surface area (Å²) in [6.45, 7) is 0. The summed E-state index contributed by atoms with van der Waals surface area (Å²) in [6, 6.07) is 0. The zero-order chi connectivity index (χ0) is 9.60. The molecule has 0 amide bonds. The van der Waals surface area contributed by atoms with Gasteiger partial charge >= 0.3 is 0 Å². The molecular formula is C8H6FN3OS. The van der Waals surface area contributed by atoms with Gasteiger partial charge in [-0.3, -0.25) is 0 Å². The Hall–Kier alpha value is -1.30. The highest BCUT2D eigenvalue weighted by atomic mass is 32.1. The fourth-order valence-corrected chi connectivity index (χ4v) is 1.68. The highest BCUT2D eigenvalue weighted by molar-refractivity contribution is 7.03. The van der Waals surface area contributed by atoms with Crippen LogP contribution in [0.25, 0.3) is 11.4 Å². The zero-order valence-electron chi connectivity index (χ0n) is 7.11. The van der Waals surface area contributed by atoms with Crippen molar-refractivity contribution in [1.82, 2.24) is 14.5 Å². The van der Waals surface area contributed by atoms with Crippen LogP contribution in [0.1, 0.15) is 18.7 Å². The molecule has 0 bridgehead atoms. The van der Waals surface area contributed by atoms with Crippen molar-refractivity contribution in [3.8, 4) is 11.4 Å². The summed E-state index contributed by atoms with van der Waals surface area (Å²) in [6.07, 6.45) is 2.60. The first-order chi connectivity index (χ1) is 6.78. The van der Waals surface area contributed by atoms with Crippen LogP contribution in [-0.2, 0) is 5.67 Å². The van der Waals surface area contributed by atoms with Crippen molar-refractivity contribution in [3.05, 3.63) is 17.5 Å². The molecule has 0 N–H and O–H groups in total. The summed E-state index contributed by atoms with van der Waals surface area (Å²) in [4.78, 5) is 4.00. The Balaban J connectivity index is 1.98. The molecule has 0 saturated heterocycles. The molecule has 14 heavy (non-hydrogen) atoms. The molecule has 0 spiro atoms. The van der Waals surface area contributed by atoms with E-state index in [1.807, 2.05) is 0 Å². The molecule has 2 heterocycles. The first kappa shape index (κ1) is 8.05. The van der Waals surface area contributed by atoms with Crippen molar-refractivity contribution in [2.45, 2.75) is 18.5 Å². The van der Waals surface area contributed by atoms with Gasteiger partial charge in [0.05, 0.1) is 11.8 Å². The lowest BCUT2D eigenvalue weighted by Crippen LogP contribution is -1.96. The third-order valence-corrected chi connectivity index (χ3v) is 2.78. The quantitative estimate of drug-likeness (QED) is 0.763. The SMILES string of the molecule is FC1(c2nc(-c3cnsc3)no2)CC1. The number of alkyl halides is 1. The lowest BCUT2D eigenvalue weighted by atomic mass is 10.3. The molecule has 0 unspecified atom stereocenters. The van der Waals surface area contributed by atoms with Gasteiger partial charge in [-0.15, -0.1) is 0 Å². The summed E-state index contributed by atoms with van der Waals surface area (Å²) in [5.41, 5.74) is -0.580. The minimum atomic E-state index is -1.35. The van der Waals surface area contributed by atoms with Gasteiger partial charge in [0.25, 0.3) is 5.89 Å². The Morgan fingerprint density at radius 2 is 2.36 bits per heavy atom. The lowest BCUT2D eigenvalue weighted by Gasteiger charge is -1.92. The highest BCUT2D eigenvalue weighted by Crippen LogP contribution is 2.48. The Bertz CT molecular complexity index is 449. The van der Waals surface area contributed by atoms with Gasteiger partial charge in [0.2, 0.25) is 5.82 Å². The molecule has 0 aromatic carbocycles. The molecule has 1 saturated carbocycles. The van der Waals surface area contributed by atoms with E-state index in [1.165, 1.54) is 11.5 Å². The van der Waals surface area contributed by atoms with E-state index in [0.29, 0.717) is 18.7 Å². The number of aromatic nitrogens is 3. The van der Waals surface area contributed by atoms with Gasteiger partial charge in [-0.2, -0.15) is 4.98 Å². The lowest BCUT2D eigenvalue weighted by molar-refractivity contribution is 0.226. The van der Waals surface area contributed by atoms with Crippen LogP contribution in [0.3, 0.4) is 0 Å². The summed E-state index contributed by atoms with van der Waals surface area (Å²) in [5.74, 6) is 0.511. The van der Waals surface area contributed by atoms with E-state index in [0.717, 1.165) is 5.56 Å². The second kappa shape index (κ2) is 2.60. The second-order valence-corrected chi connectivity index (χ2v) is 3.96. The van der Waals surface area contributed by atoms with Crippen molar-refractivity contribution >= 4 is 11.5 Å². The van der Waals surface area contributed by atoms with Crippen LogP contribution in [-0.4, -0.2) is 14.5 Å². The van der Waals surface area contributed by atoms with E-state index in [-0.39, 0.29) is 5.89 Å². The predicted octanol–water partition coefficient (Wildman–Crippen LogP) is 2.15. The van der Waals surface area contributed by atoms with E-state index in [4.69, 9.17) is 4.52 Å². The number of hydrogen-bond donors (Lipinski definition) is 0. The molecule has 0 aliphatic heterocycles. The van der Waals surface area contributed by atoms with Crippen LogP contribution in [0, 0.1) is 0 Å².